The van der Waals surface area contributed by atoms with Crippen molar-refractivity contribution in [1.29, 1.82) is 0 Å². The number of sulfonamides is 2. The third-order valence-electron chi connectivity index (χ3n) is 12.2. The minimum atomic E-state index is -4.41. The molecule has 0 spiro atoms. The second-order valence-electron chi connectivity index (χ2n) is 17.3. The zero-order valence-electron chi connectivity index (χ0n) is 36.1. The number of hydrogen-bond donors (Lipinski definition) is 0. The van der Waals surface area contributed by atoms with Crippen molar-refractivity contribution in [2.45, 2.75) is 51.1 Å². The Balaban J connectivity index is 0.000000196. The minimum Gasteiger partial charge on any atom is -0.486 e. The number of piperidine rings is 2. The second-order valence-corrected chi connectivity index (χ2v) is 21.2. The zero-order valence-corrected chi connectivity index (χ0v) is 37.7. The summed E-state index contributed by atoms with van der Waals surface area (Å²) in [5.41, 5.74) is -2.01. The van der Waals surface area contributed by atoms with Gasteiger partial charge in [-0.3, -0.25) is 14.5 Å². The highest BCUT2D eigenvalue weighted by atomic mass is 32.2. The van der Waals surface area contributed by atoms with E-state index in [1.807, 2.05) is 4.90 Å². The average molecular weight is 973 g/mol. The number of benzene rings is 1. The summed E-state index contributed by atoms with van der Waals surface area (Å²) in [6.07, 6.45) is 6.03. The van der Waals surface area contributed by atoms with Crippen LogP contribution in [-0.4, -0.2) is 106 Å². The first-order valence-electron chi connectivity index (χ1n) is 21.2. The smallest absolute Gasteiger partial charge is 0.416 e. The Kier molecular flexibility index (Phi) is 14.7. The first-order valence-corrected chi connectivity index (χ1v) is 24.9. The van der Waals surface area contributed by atoms with Gasteiger partial charge in [0.05, 0.1) is 50.0 Å². The molecule has 1 aliphatic carbocycles. The highest BCUT2D eigenvalue weighted by Crippen LogP contribution is 2.37. The molecule has 8 rings (SSSR count). The summed E-state index contributed by atoms with van der Waals surface area (Å²) in [7, 11) is -6.38. The third kappa shape index (κ3) is 12.7. The maximum atomic E-state index is 12.9. The molecule has 0 radical (unpaired) electrons. The van der Waals surface area contributed by atoms with E-state index in [4.69, 9.17) is 18.3 Å². The van der Waals surface area contributed by atoms with Crippen LogP contribution in [0, 0.1) is 23.7 Å². The van der Waals surface area contributed by atoms with Crippen LogP contribution in [0.25, 0.3) is 10.8 Å². The van der Waals surface area contributed by atoms with Gasteiger partial charge < -0.3 is 22.9 Å². The highest BCUT2D eigenvalue weighted by Gasteiger charge is 2.39. The van der Waals surface area contributed by atoms with Gasteiger partial charge in [0, 0.05) is 63.8 Å². The number of nitrogens with zero attached hydrogens (tertiary/aromatic N) is 4. The molecule has 3 aliphatic heterocycles. The molecule has 0 amide bonds. The SMILES string of the molecule is CS(=O)(=O)N1CCC(COc2coc(CN3CC4C=CC(C(F)(F)F)=CC4C3)cc2=O)CC1.CS(=O)(=O)N1CCC(COc2coc(Cn3cc4ccc(C(F)(F)F)cc4c3)cc2=O)CC1. The molecule has 1 aromatic carbocycles. The fourth-order valence-corrected chi connectivity index (χ4v) is 10.3. The first kappa shape index (κ1) is 49.0. The summed E-state index contributed by atoms with van der Waals surface area (Å²) >= 11 is 0. The van der Waals surface area contributed by atoms with Crippen molar-refractivity contribution >= 4 is 30.8 Å². The van der Waals surface area contributed by atoms with Crippen LogP contribution in [0.4, 0.5) is 26.3 Å². The highest BCUT2D eigenvalue weighted by molar-refractivity contribution is 7.88. The van der Waals surface area contributed by atoms with E-state index in [2.05, 4.69) is 0 Å². The summed E-state index contributed by atoms with van der Waals surface area (Å²) in [6, 6.07) is 6.18. The number of ether oxygens (including phenoxy) is 2. The van der Waals surface area contributed by atoms with Crippen molar-refractivity contribution in [3.8, 4) is 11.5 Å². The van der Waals surface area contributed by atoms with Crippen LogP contribution in [0.3, 0.4) is 0 Å². The lowest BCUT2D eigenvalue weighted by Gasteiger charge is -2.29. The Hall–Kier alpha value is -4.90. The van der Waals surface area contributed by atoms with Crippen LogP contribution in [0.5, 0.6) is 11.5 Å². The molecule has 22 heteroatoms. The predicted molar refractivity (Wildman–Crippen MR) is 231 cm³/mol. The fourth-order valence-electron chi connectivity index (χ4n) is 8.50. The first-order chi connectivity index (χ1) is 31.0. The van der Waals surface area contributed by atoms with E-state index in [0.717, 1.165) is 18.2 Å². The number of alkyl halides is 6. The Morgan fingerprint density at radius 1 is 0.667 bits per heavy atom. The Morgan fingerprint density at radius 2 is 1.17 bits per heavy atom. The molecule has 4 aliphatic rings. The summed E-state index contributed by atoms with van der Waals surface area (Å²) < 4.78 is 151. The molecule has 4 aromatic rings. The molecule has 360 valence electrons. The molecule has 14 nitrogen and oxygen atoms in total. The Labute approximate surface area is 377 Å². The molecule has 3 aromatic heterocycles. The number of halogens is 6. The molecule has 66 heavy (non-hydrogen) atoms. The second kappa shape index (κ2) is 19.7. The van der Waals surface area contributed by atoms with Crippen molar-refractivity contribution in [2.75, 3.05) is 65.0 Å². The average Bonchev–Trinajstić information content (AvgIpc) is 3.84. The molecular formula is C44H50F6N4O10S2. The van der Waals surface area contributed by atoms with E-state index in [0.29, 0.717) is 100 Å². The number of aromatic nitrogens is 1. The van der Waals surface area contributed by atoms with E-state index in [-0.39, 0.29) is 59.2 Å². The van der Waals surface area contributed by atoms with Crippen molar-refractivity contribution in [3.63, 3.8) is 0 Å². The molecule has 2 atom stereocenters. The largest absolute Gasteiger partial charge is 0.486 e. The van der Waals surface area contributed by atoms with Crippen molar-refractivity contribution in [1.82, 2.24) is 18.1 Å². The van der Waals surface area contributed by atoms with Gasteiger partial charge in [-0.05, 0) is 72.3 Å². The minimum absolute atomic E-state index is 0.0135. The molecule has 3 fully saturated rings. The third-order valence-corrected chi connectivity index (χ3v) is 14.8. The Bertz CT molecular complexity index is 2770. The van der Waals surface area contributed by atoms with Crippen LogP contribution >= 0.6 is 0 Å². The Morgan fingerprint density at radius 3 is 1.65 bits per heavy atom. The maximum Gasteiger partial charge on any atom is 0.416 e. The maximum absolute atomic E-state index is 12.9. The van der Waals surface area contributed by atoms with Crippen LogP contribution in [-0.2, 0) is 39.3 Å². The number of fused-ring (bicyclic) bond motifs is 2. The lowest BCUT2D eigenvalue weighted by molar-refractivity contribution is -0.137. The fraction of sp³-hybridized carbons (Fsp3) is 0.500. The summed E-state index contributed by atoms with van der Waals surface area (Å²) in [5, 5.41) is 1.08. The van der Waals surface area contributed by atoms with E-state index in [9.17, 15) is 52.8 Å². The van der Waals surface area contributed by atoms with E-state index >= 15 is 0 Å². The molecule has 0 bridgehead atoms. The van der Waals surface area contributed by atoms with E-state index in [1.54, 1.807) is 23.0 Å². The van der Waals surface area contributed by atoms with Crippen LogP contribution in [0.2, 0.25) is 0 Å². The number of likely N-dealkylation sites (tertiary alicyclic amines) is 1. The molecule has 0 N–H and O–H groups in total. The van der Waals surface area contributed by atoms with E-state index < -0.39 is 43.5 Å². The molecular weight excluding hydrogens is 923 g/mol. The van der Waals surface area contributed by atoms with Gasteiger partial charge in [-0.25, -0.2) is 25.4 Å². The van der Waals surface area contributed by atoms with Gasteiger partial charge in [0.1, 0.15) is 24.0 Å². The molecule has 2 unspecified atom stereocenters. The monoisotopic (exact) mass is 972 g/mol. The van der Waals surface area contributed by atoms with Crippen molar-refractivity contribution < 1.29 is 61.5 Å². The molecule has 0 saturated carbocycles. The summed E-state index contributed by atoms with van der Waals surface area (Å²) in [6.45, 7) is 3.88. The predicted octanol–water partition coefficient (Wildman–Crippen LogP) is 6.51. The summed E-state index contributed by atoms with van der Waals surface area (Å²) in [4.78, 5) is 26.8. The van der Waals surface area contributed by atoms with Gasteiger partial charge in [-0.2, -0.15) is 26.3 Å². The van der Waals surface area contributed by atoms with Gasteiger partial charge in [-0.1, -0.05) is 24.3 Å². The van der Waals surface area contributed by atoms with Crippen molar-refractivity contribution in [3.05, 3.63) is 117 Å². The topological polar surface area (TPSA) is 162 Å². The van der Waals surface area contributed by atoms with Gasteiger partial charge >= 0.3 is 12.4 Å². The van der Waals surface area contributed by atoms with Crippen LogP contribution in [0.1, 0.15) is 42.8 Å². The molecule has 6 heterocycles. The van der Waals surface area contributed by atoms with Gasteiger partial charge in [-0.15, -0.1) is 0 Å². The van der Waals surface area contributed by atoms with Crippen LogP contribution < -0.4 is 20.3 Å². The van der Waals surface area contributed by atoms with Crippen molar-refractivity contribution in [2.24, 2.45) is 23.7 Å². The quantitative estimate of drug-likeness (QED) is 0.142. The summed E-state index contributed by atoms with van der Waals surface area (Å²) in [5.74, 6) is 1.02. The van der Waals surface area contributed by atoms with Gasteiger partial charge in [0.25, 0.3) is 0 Å². The molecule has 3 saturated heterocycles. The number of allylic oxidation sites excluding steroid dienone is 2. The number of rotatable bonds is 12. The number of hydrogen-bond acceptors (Lipinski definition) is 11. The van der Waals surface area contributed by atoms with Gasteiger partial charge in [0.2, 0.25) is 42.4 Å². The zero-order chi connectivity index (χ0) is 47.6. The van der Waals surface area contributed by atoms with Crippen LogP contribution in [0.15, 0.2) is 97.5 Å². The van der Waals surface area contributed by atoms with Gasteiger partial charge in [0.15, 0.2) is 0 Å². The lowest BCUT2D eigenvalue weighted by atomic mass is 9.88. The standard InChI is InChI=1S/C22H27F3N2O5S.C22H23F3N2O5S/c2*1-33(29,30)27-6-4-15(5-7-27)13-32-21-14-31-19(9-20(21)28)12-26-10-16-2-3-18(22(23,24)25)8-17(16)11-26/h2-3,8-9,14-17H,4-7,10-13H2,1H3;2-3,8-11,14-15H,4-7,12-13H2,1H3. The normalized spacial score (nSPS) is 20.8. The lowest BCUT2D eigenvalue weighted by Crippen LogP contribution is -2.39. The van der Waals surface area contributed by atoms with E-state index in [1.165, 1.54) is 57.9 Å².